The minimum atomic E-state index is -0.439. The molecule has 13 heavy (non-hydrogen) atoms. The zero-order valence-electron chi connectivity index (χ0n) is 6.34. The number of nitrogens with zero attached hydrogens (tertiary/aromatic N) is 1. The van der Waals surface area contributed by atoms with E-state index in [9.17, 15) is 4.39 Å². The Balaban J connectivity index is 2.91. The highest BCUT2D eigenvalue weighted by Crippen LogP contribution is 2.31. The van der Waals surface area contributed by atoms with Crippen molar-refractivity contribution in [1.29, 1.82) is 5.26 Å². The molecule has 2 aromatic rings. The molecule has 0 spiro atoms. The zero-order chi connectivity index (χ0) is 9.42. The van der Waals surface area contributed by atoms with Crippen molar-refractivity contribution < 1.29 is 4.39 Å². The largest absolute Gasteiger partial charge is 0.204 e. The number of thiophene rings is 1. The first kappa shape index (κ1) is 8.49. The number of benzene rings is 1. The second-order valence-electron chi connectivity index (χ2n) is 2.50. The number of halogens is 2. The maximum absolute atomic E-state index is 13.3. The fourth-order valence-corrected chi connectivity index (χ4v) is 2.27. The van der Waals surface area contributed by atoms with Gasteiger partial charge in [-0.3, -0.25) is 0 Å². The molecule has 0 bridgehead atoms. The molecule has 1 heterocycles. The van der Waals surface area contributed by atoms with E-state index in [2.05, 4.69) is 0 Å². The first-order chi connectivity index (χ1) is 6.24. The summed E-state index contributed by atoms with van der Waals surface area (Å²) in [4.78, 5) is 0. The molecule has 0 fully saturated rings. The topological polar surface area (TPSA) is 23.8 Å². The molecule has 2 rings (SSSR count). The number of hydrogen-bond acceptors (Lipinski definition) is 2. The Morgan fingerprint density at radius 1 is 1.46 bits per heavy atom. The molecule has 1 aromatic carbocycles. The van der Waals surface area contributed by atoms with Gasteiger partial charge in [0.2, 0.25) is 0 Å². The second kappa shape index (κ2) is 2.99. The molecule has 0 saturated heterocycles. The molecule has 0 amide bonds. The molecule has 1 aromatic heterocycles. The van der Waals surface area contributed by atoms with Gasteiger partial charge in [-0.15, -0.1) is 11.3 Å². The summed E-state index contributed by atoms with van der Waals surface area (Å²) in [6.45, 7) is 0. The van der Waals surface area contributed by atoms with E-state index >= 15 is 0 Å². The van der Waals surface area contributed by atoms with E-state index in [0.717, 1.165) is 0 Å². The lowest BCUT2D eigenvalue weighted by molar-refractivity contribution is 0.642. The van der Waals surface area contributed by atoms with Crippen molar-refractivity contribution in [2.75, 3.05) is 0 Å². The molecule has 0 saturated carbocycles. The summed E-state index contributed by atoms with van der Waals surface area (Å²) in [5.74, 6) is -0.439. The first-order valence-corrected chi connectivity index (χ1v) is 4.75. The maximum atomic E-state index is 13.3. The van der Waals surface area contributed by atoms with Gasteiger partial charge in [0.05, 0.1) is 15.3 Å². The molecule has 0 aliphatic rings. The third kappa shape index (κ3) is 1.19. The van der Waals surface area contributed by atoms with Crippen molar-refractivity contribution in [3.63, 3.8) is 0 Å². The second-order valence-corrected chi connectivity index (χ2v) is 3.79. The standard InChI is InChI=1S/C9H3ClFNS/c10-7-2-1-6-5(3-12)4-13-9(6)8(7)11/h1-2,4H. The van der Waals surface area contributed by atoms with Crippen LogP contribution in [0.4, 0.5) is 4.39 Å². The number of nitriles is 1. The summed E-state index contributed by atoms with van der Waals surface area (Å²) in [5, 5.41) is 11.0. The predicted octanol–water partition coefficient (Wildman–Crippen LogP) is 3.57. The van der Waals surface area contributed by atoms with Crippen LogP contribution in [0.5, 0.6) is 0 Å². The Morgan fingerprint density at radius 2 is 2.23 bits per heavy atom. The van der Waals surface area contributed by atoms with Gasteiger partial charge in [-0.25, -0.2) is 4.39 Å². The van der Waals surface area contributed by atoms with Crippen molar-refractivity contribution in [1.82, 2.24) is 0 Å². The molecule has 0 atom stereocenters. The number of rotatable bonds is 0. The Bertz CT molecular complexity index is 512. The molecule has 64 valence electrons. The van der Waals surface area contributed by atoms with Crippen molar-refractivity contribution in [3.05, 3.63) is 33.9 Å². The van der Waals surface area contributed by atoms with E-state index in [1.807, 2.05) is 6.07 Å². The van der Waals surface area contributed by atoms with Crippen LogP contribution in [0, 0.1) is 17.1 Å². The molecule has 4 heteroatoms. The Hall–Kier alpha value is -1.11. The Labute approximate surface area is 83.0 Å². The van der Waals surface area contributed by atoms with Gasteiger partial charge in [-0.2, -0.15) is 5.26 Å². The van der Waals surface area contributed by atoms with Gasteiger partial charge in [0.1, 0.15) is 6.07 Å². The van der Waals surface area contributed by atoms with E-state index in [1.54, 1.807) is 11.4 Å². The summed E-state index contributed by atoms with van der Waals surface area (Å²) >= 11 is 6.79. The Kier molecular flexibility index (Phi) is 1.95. The van der Waals surface area contributed by atoms with Crippen LogP contribution in [0.2, 0.25) is 5.02 Å². The lowest BCUT2D eigenvalue weighted by atomic mass is 10.2. The molecular weight excluding hydrogens is 209 g/mol. The van der Waals surface area contributed by atoms with Gasteiger partial charge >= 0.3 is 0 Å². The van der Waals surface area contributed by atoms with Crippen LogP contribution in [0.3, 0.4) is 0 Å². The van der Waals surface area contributed by atoms with Gasteiger partial charge in [-0.1, -0.05) is 17.7 Å². The molecule has 0 radical (unpaired) electrons. The maximum Gasteiger partial charge on any atom is 0.159 e. The summed E-state index contributed by atoms with van der Waals surface area (Å²) in [7, 11) is 0. The zero-order valence-corrected chi connectivity index (χ0v) is 7.92. The van der Waals surface area contributed by atoms with Crippen LogP contribution in [0.25, 0.3) is 10.1 Å². The van der Waals surface area contributed by atoms with Crippen molar-refractivity contribution in [2.24, 2.45) is 0 Å². The van der Waals surface area contributed by atoms with Crippen LogP contribution in [0.15, 0.2) is 17.5 Å². The smallest absolute Gasteiger partial charge is 0.159 e. The average Bonchev–Trinajstić information content (AvgIpc) is 2.55. The summed E-state index contributed by atoms with van der Waals surface area (Å²) in [5.41, 5.74) is 0.496. The monoisotopic (exact) mass is 211 g/mol. The molecule has 0 aliphatic heterocycles. The summed E-state index contributed by atoms with van der Waals surface area (Å²) in [6, 6.07) is 5.12. The minimum Gasteiger partial charge on any atom is -0.204 e. The third-order valence-corrected chi connectivity index (χ3v) is 3.04. The van der Waals surface area contributed by atoms with Gasteiger partial charge in [0.25, 0.3) is 0 Å². The quantitative estimate of drug-likeness (QED) is 0.654. The number of fused-ring (bicyclic) bond motifs is 1. The highest BCUT2D eigenvalue weighted by Gasteiger charge is 2.10. The SMILES string of the molecule is N#Cc1csc2c(F)c(Cl)ccc12. The lowest BCUT2D eigenvalue weighted by Gasteiger charge is -1.94. The molecule has 0 unspecified atom stereocenters. The van der Waals surface area contributed by atoms with E-state index in [0.29, 0.717) is 15.6 Å². The van der Waals surface area contributed by atoms with E-state index in [4.69, 9.17) is 16.9 Å². The van der Waals surface area contributed by atoms with Gasteiger partial charge < -0.3 is 0 Å². The summed E-state index contributed by atoms with van der Waals surface area (Å²) < 4.78 is 13.8. The van der Waals surface area contributed by atoms with E-state index < -0.39 is 5.82 Å². The molecule has 1 nitrogen and oxygen atoms in total. The van der Waals surface area contributed by atoms with Crippen LogP contribution in [0.1, 0.15) is 5.56 Å². The van der Waals surface area contributed by atoms with Crippen molar-refractivity contribution in [2.45, 2.75) is 0 Å². The van der Waals surface area contributed by atoms with Crippen molar-refractivity contribution in [3.8, 4) is 6.07 Å². The first-order valence-electron chi connectivity index (χ1n) is 3.49. The molecule has 0 N–H and O–H groups in total. The van der Waals surface area contributed by atoms with Gasteiger partial charge in [0, 0.05) is 10.8 Å². The highest BCUT2D eigenvalue weighted by molar-refractivity contribution is 7.17. The molecular formula is C9H3ClFNS. The number of hydrogen-bond donors (Lipinski definition) is 0. The van der Waals surface area contributed by atoms with Crippen LogP contribution < -0.4 is 0 Å². The third-order valence-electron chi connectivity index (χ3n) is 1.76. The fraction of sp³-hybridized carbons (Fsp3) is 0. The minimum absolute atomic E-state index is 0.0961. The highest BCUT2D eigenvalue weighted by atomic mass is 35.5. The normalized spacial score (nSPS) is 10.2. The van der Waals surface area contributed by atoms with Crippen LogP contribution >= 0.6 is 22.9 Å². The predicted molar refractivity (Wildman–Crippen MR) is 51.5 cm³/mol. The van der Waals surface area contributed by atoms with Crippen LogP contribution in [-0.2, 0) is 0 Å². The lowest BCUT2D eigenvalue weighted by Crippen LogP contribution is -1.77. The van der Waals surface area contributed by atoms with Crippen molar-refractivity contribution >= 4 is 33.0 Å². The van der Waals surface area contributed by atoms with E-state index in [-0.39, 0.29) is 5.02 Å². The fourth-order valence-electron chi connectivity index (χ4n) is 1.13. The van der Waals surface area contributed by atoms with Crippen LogP contribution in [-0.4, -0.2) is 0 Å². The summed E-state index contributed by atoms with van der Waals surface area (Å²) in [6.07, 6.45) is 0. The Morgan fingerprint density at radius 3 is 2.92 bits per heavy atom. The molecule has 0 aliphatic carbocycles. The van der Waals surface area contributed by atoms with E-state index in [1.165, 1.54) is 17.4 Å². The average molecular weight is 212 g/mol. The van der Waals surface area contributed by atoms with Gasteiger partial charge in [-0.05, 0) is 6.07 Å². The van der Waals surface area contributed by atoms with Gasteiger partial charge in [0.15, 0.2) is 5.82 Å².